The second kappa shape index (κ2) is 7.16. The van der Waals surface area contributed by atoms with Crippen molar-refractivity contribution in [3.05, 3.63) is 16.3 Å². The van der Waals surface area contributed by atoms with Crippen LogP contribution in [0.5, 0.6) is 0 Å². The molecule has 114 valence electrons. The third-order valence-electron chi connectivity index (χ3n) is 2.54. The lowest BCUT2D eigenvalue weighted by atomic mass is 10.3. The molecule has 0 aliphatic rings. The Kier molecular flexibility index (Phi) is 6.12. The third kappa shape index (κ3) is 4.27. The summed E-state index contributed by atoms with van der Waals surface area (Å²) in [6.45, 7) is 4.28. The van der Waals surface area contributed by atoms with Crippen molar-refractivity contribution in [3.8, 4) is 0 Å². The fraction of sp³-hybridized carbons (Fsp3) is 0.583. The van der Waals surface area contributed by atoms with Crippen LogP contribution >= 0.6 is 11.3 Å². The van der Waals surface area contributed by atoms with Gasteiger partial charge in [0.25, 0.3) is 5.91 Å². The summed E-state index contributed by atoms with van der Waals surface area (Å²) in [5, 5.41) is 4.21. The zero-order valence-corrected chi connectivity index (χ0v) is 13.7. The highest BCUT2D eigenvalue weighted by Crippen LogP contribution is 2.22. The van der Waals surface area contributed by atoms with E-state index in [0.29, 0.717) is 11.5 Å². The average molecular weight is 320 g/mol. The summed E-state index contributed by atoms with van der Waals surface area (Å²) in [6.07, 6.45) is 0. The highest BCUT2D eigenvalue weighted by molar-refractivity contribution is 7.89. The monoisotopic (exact) mass is 320 g/mol. The number of hydrogen-bond donors (Lipinski definition) is 1. The number of thiophene rings is 1. The Morgan fingerprint density at radius 3 is 2.70 bits per heavy atom. The van der Waals surface area contributed by atoms with E-state index in [1.807, 2.05) is 13.8 Å². The second-order valence-corrected chi connectivity index (χ2v) is 7.55. The summed E-state index contributed by atoms with van der Waals surface area (Å²) < 4.78 is 30.6. The van der Waals surface area contributed by atoms with Crippen molar-refractivity contribution in [1.82, 2.24) is 9.62 Å². The molecule has 6 nitrogen and oxygen atoms in total. The normalized spacial score (nSPS) is 12.1. The molecule has 0 saturated carbocycles. The largest absolute Gasteiger partial charge is 0.383 e. The van der Waals surface area contributed by atoms with E-state index in [1.54, 1.807) is 0 Å². The van der Waals surface area contributed by atoms with Gasteiger partial charge in [-0.25, -0.2) is 8.42 Å². The van der Waals surface area contributed by atoms with Gasteiger partial charge in [-0.2, -0.15) is 4.31 Å². The molecule has 0 radical (unpaired) electrons. The number of ether oxygens (including phenoxy) is 1. The molecule has 0 saturated heterocycles. The summed E-state index contributed by atoms with van der Waals surface area (Å²) in [5.41, 5.74) is 0. The van der Waals surface area contributed by atoms with Gasteiger partial charge in [-0.05, 0) is 19.9 Å². The number of carbonyl (C=O) groups is 1. The lowest BCUT2D eigenvalue weighted by molar-refractivity contribution is 0.0947. The van der Waals surface area contributed by atoms with Crippen molar-refractivity contribution in [3.63, 3.8) is 0 Å². The maximum Gasteiger partial charge on any atom is 0.261 e. The summed E-state index contributed by atoms with van der Waals surface area (Å²) in [7, 11) is -0.569. The van der Waals surface area contributed by atoms with Crippen molar-refractivity contribution in [2.24, 2.45) is 0 Å². The van der Waals surface area contributed by atoms with Crippen LogP contribution in [0.1, 0.15) is 23.5 Å². The van der Waals surface area contributed by atoms with E-state index < -0.39 is 10.0 Å². The van der Waals surface area contributed by atoms with Crippen LogP contribution in [-0.2, 0) is 14.8 Å². The molecule has 1 aromatic heterocycles. The maximum atomic E-state index is 12.2. The maximum absolute atomic E-state index is 12.2. The molecule has 1 N–H and O–H groups in total. The molecular weight excluding hydrogens is 300 g/mol. The number of likely N-dealkylation sites (N-methyl/N-ethyl adjacent to an activating group) is 1. The minimum atomic E-state index is -3.57. The number of nitrogens with zero attached hydrogens (tertiary/aromatic N) is 1. The van der Waals surface area contributed by atoms with Crippen LogP contribution in [0.3, 0.4) is 0 Å². The second-order valence-electron chi connectivity index (χ2n) is 4.59. The zero-order valence-electron chi connectivity index (χ0n) is 12.0. The Balaban J connectivity index is 2.87. The number of hydrogen-bond acceptors (Lipinski definition) is 5. The van der Waals surface area contributed by atoms with Crippen LogP contribution in [0.2, 0.25) is 0 Å². The number of sulfonamides is 1. The van der Waals surface area contributed by atoms with Gasteiger partial charge in [-0.1, -0.05) is 0 Å². The van der Waals surface area contributed by atoms with Gasteiger partial charge < -0.3 is 10.1 Å². The third-order valence-corrected chi connectivity index (χ3v) is 5.45. The fourth-order valence-electron chi connectivity index (χ4n) is 1.43. The molecule has 20 heavy (non-hydrogen) atoms. The van der Waals surface area contributed by atoms with E-state index in [1.165, 1.54) is 29.9 Å². The van der Waals surface area contributed by atoms with E-state index in [2.05, 4.69) is 5.32 Å². The van der Waals surface area contributed by atoms with Gasteiger partial charge in [-0.15, -0.1) is 11.3 Å². The molecule has 1 aromatic rings. The van der Waals surface area contributed by atoms with Crippen molar-refractivity contribution in [2.45, 2.75) is 24.8 Å². The molecule has 1 rings (SSSR count). The van der Waals surface area contributed by atoms with Gasteiger partial charge in [0.05, 0.1) is 16.4 Å². The molecule has 8 heteroatoms. The van der Waals surface area contributed by atoms with Gasteiger partial charge >= 0.3 is 0 Å². The average Bonchev–Trinajstić information content (AvgIpc) is 2.85. The van der Waals surface area contributed by atoms with Crippen molar-refractivity contribution in [2.75, 3.05) is 27.3 Å². The highest BCUT2D eigenvalue weighted by atomic mass is 32.2. The number of carbonyl (C=O) groups excluding carboxylic acids is 1. The van der Waals surface area contributed by atoms with Crippen LogP contribution in [0, 0.1) is 0 Å². The summed E-state index contributed by atoms with van der Waals surface area (Å²) >= 11 is 1.12. The van der Waals surface area contributed by atoms with Gasteiger partial charge in [0.2, 0.25) is 10.0 Å². The summed E-state index contributed by atoms with van der Waals surface area (Å²) in [6, 6.07) is 1.41. The lowest BCUT2D eigenvalue weighted by Crippen LogP contribution is -2.30. The predicted molar refractivity (Wildman–Crippen MR) is 78.6 cm³/mol. The van der Waals surface area contributed by atoms with E-state index >= 15 is 0 Å². The Labute approximate surface area is 123 Å². The number of amides is 1. The van der Waals surface area contributed by atoms with Crippen molar-refractivity contribution >= 4 is 27.3 Å². The molecular formula is C12H20N2O4S2. The SMILES string of the molecule is COCCN(C)S(=O)(=O)c1csc(C(=O)NC(C)C)c1. The van der Waals surface area contributed by atoms with Gasteiger partial charge in [0, 0.05) is 32.1 Å². The van der Waals surface area contributed by atoms with E-state index in [-0.39, 0.29) is 23.4 Å². The fourth-order valence-corrected chi connectivity index (χ4v) is 3.75. The summed E-state index contributed by atoms with van der Waals surface area (Å²) in [5.74, 6) is -0.258. The first-order valence-corrected chi connectivity index (χ1v) is 8.45. The first-order valence-electron chi connectivity index (χ1n) is 6.13. The van der Waals surface area contributed by atoms with E-state index in [4.69, 9.17) is 4.74 Å². The van der Waals surface area contributed by atoms with Gasteiger partial charge in [0.15, 0.2) is 0 Å². The first-order chi connectivity index (χ1) is 9.28. The topological polar surface area (TPSA) is 75.7 Å². The molecule has 0 fully saturated rings. The Morgan fingerprint density at radius 1 is 1.50 bits per heavy atom. The quantitative estimate of drug-likeness (QED) is 0.818. The van der Waals surface area contributed by atoms with Crippen LogP contribution < -0.4 is 5.32 Å². The predicted octanol–water partition coefficient (Wildman–Crippen LogP) is 1.15. The lowest BCUT2D eigenvalue weighted by Gasteiger charge is -2.15. The molecule has 0 aromatic carbocycles. The number of rotatable bonds is 7. The molecule has 0 aliphatic carbocycles. The van der Waals surface area contributed by atoms with Crippen molar-refractivity contribution in [1.29, 1.82) is 0 Å². The van der Waals surface area contributed by atoms with E-state index in [0.717, 1.165) is 11.3 Å². The van der Waals surface area contributed by atoms with Crippen LogP contribution in [0.15, 0.2) is 16.3 Å². The van der Waals surface area contributed by atoms with Gasteiger partial charge in [0.1, 0.15) is 0 Å². The Morgan fingerprint density at radius 2 is 2.15 bits per heavy atom. The molecule has 1 amide bonds. The molecule has 0 atom stereocenters. The molecule has 0 bridgehead atoms. The van der Waals surface area contributed by atoms with Crippen LogP contribution in [-0.4, -0.2) is 52.0 Å². The standard InChI is InChI=1S/C12H20N2O4S2/c1-9(2)13-12(15)11-7-10(8-19-11)20(16,17)14(3)5-6-18-4/h7-9H,5-6H2,1-4H3,(H,13,15). The van der Waals surface area contributed by atoms with Gasteiger partial charge in [-0.3, -0.25) is 4.79 Å². The number of nitrogens with one attached hydrogen (secondary N) is 1. The Bertz CT molecular complexity index is 552. The van der Waals surface area contributed by atoms with E-state index in [9.17, 15) is 13.2 Å². The Hall–Kier alpha value is -0.960. The zero-order chi connectivity index (χ0) is 15.3. The van der Waals surface area contributed by atoms with Crippen LogP contribution in [0.4, 0.5) is 0 Å². The van der Waals surface area contributed by atoms with Crippen molar-refractivity contribution < 1.29 is 17.9 Å². The first kappa shape index (κ1) is 17.1. The summed E-state index contributed by atoms with van der Waals surface area (Å²) in [4.78, 5) is 12.3. The molecule has 0 unspecified atom stereocenters. The minimum Gasteiger partial charge on any atom is -0.383 e. The molecule has 0 aliphatic heterocycles. The molecule has 0 spiro atoms. The minimum absolute atomic E-state index is 0.00836. The number of methoxy groups -OCH3 is 1. The smallest absolute Gasteiger partial charge is 0.261 e. The molecule has 1 heterocycles. The van der Waals surface area contributed by atoms with Crippen LogP contribution in [0.25, 0.3) is 0 Å². The highest BCUT2D eigenvalue weighted by Gasteiger charge is 2.23.